The van der Waals surface area contributed by atoms with Gasteiger partial charge in [-0.25, -0.2) is 4.98 Å². The normalized spacial score (nSPS) is 18.8. The maximum atomic E-state index is 11.6. The molecular weight excluding hydrogens is 272 g/mol. The Labute approximate surface area is 115 Å². The van der Waals surface area contributed by atoms with Gasteiger partial charge in [0.2, 0.25) is 5.91 Å². The fourth-order valence-corrected chi connectivity index (χ4v) is 2.69. The molecular formula is C12H15ClN2O2S. The lowest BCUT2D eigenvalue weighted by molar-refractivity contribution is -0.119. The first kappa shape index (κ1) is 13.6. The number of pyridine rings is 1. The van der Waals surface area contributed by atoms with Crippen LogP contribution in [-0.2, 0) is 9.53 Å². The number of nitrogens with zero attached hydrogens (tertiary/aromatic N) is 1. The highest BCUT2D eigenvalue weighted by Gasteiger charge is 2.16. The van der Waals surface area contributed by atoms with E-state index < -0.39 is 0 Å². The van der Waals surface area contributed by atoms with Gasteiger partial charge in [0.1, 0.15) is 5.03 Å². The molecule has 18 heavy (non-hydrogen) atoms. The van der Waals surface area contributed by atoms with Gasteiger partial charge in [0.15, 0.2) is 0 Å². The average molecular weight is 287 g/mol. The molecule has 2 rings (SSSR count). The molecule has 0 aromatic carbocycles. The second-order valence-corrected chi connectivity index (χ2v) is 5.39. The molecule has 0 aliphatic carbocycles. The predicted octanol–water partition coefficient (Wildman–Crippen LogP) is 2.12. The van der Waals surface area contributed by atoms with Gasteiger partial charge in [-0.2, -0.15) is 0 Å². The van der Waals surface area contributed by atoms with Crippen LogP contribution < -0.4 is 5.32 Å². The molecule has 1 atom stereocenters. The summed E-state index contributed by atoms with van der Waals surface area (Å²) < 4.78 is 5.43. The number of aromatic nitrogens is 1. The van der Waals surface area contributed by atoms with E-state index in [4.69, 9.17) is 16.3 Å². The smallest absolute Gasteiger partial charge is 0.230 e. The third-order valence-corrected chi connectivity index (χ3v) is 4.04. The zero-order chi connectivity index (χ0) is 12.8. The topological polar surface area (TPSA) is 51.2 Å². The lowest BCUT2D eigenvalue weighted by Crippen LogP contribution is -2.32. The molecule has 0 radical (unpaired) electrons. The molecule has 1 aliphatic heterocycles. The minimum atomic E-state index is -0.0165. The molecule has 1 unspecified atom stereocenters. The maximum absolute atomic E-state index is 11.6. The fraction of sp³-hybridized carbons (Fsp3) is 0.500. The van der Waals surface area contributed by atoms with Gasteiger partial charge >= 0.3 is 0 Å². The van der Waals surface area contributed by atoms with E-state index in [-0.39, 0.29) is 12.0 Å². The van der Waals surface area contributed by atoms with E-state index in [1.807, 2.05) is 0 Å². The third-order valence-electron chi connectivity index (χ3n) is 2.62. The summed E-state index contributed by atoms with van der Waals surface area (Å²) in [7, 11) is 0. The molecule has 98 valence electrons. The van der Waals surface area contributed by atoms with Crippen LogP contribution in [0, 0.1) is 0 Å². The highest BCUT2D eigenvalue weighted by Crippen LogP contribution is 2.23. The molecule has 1 aromatic heterocycles. The standard InChI is InChI=1S/C12H15ClN2O2S/c13-10-4-1-5-14-12(10)18-8-11(16)15-7-9-3-2-6-17-9/h1,4-5,9H,2-3,6-8H2,(H,15,16). The van der Waals surface area contributed by atoms with Crippen LogP contribution in [0.25, 0.3) is 0 Å². The van der Waals surface area contributed by atoms with Crippen molar-refractivity contribution in [2.24, 2.45) is 0 Å². The summed E-state index contributed by atoms with van der Waals surface area (Å²) in [5, 5.41) is 4.12. The summed E-state index contributed by atoms with van der Waals surface area (Å²) >= 11 is 7.30. The molecule has 1 aromatic rings. The van der Waals surface area contributed by atoms with Gasteiger partial charge in [-0.05, 0) is 25.0 Å². The zero-order valence-electron chi connectivity index (χ0n) is 9.89. The van der Waals surface area contributed by atoms with E-state index in [0.29, 0.717) is 22.3 Å². The molecule has 4 nitrogen and oxygen atoms in total. The van der Waals surface area contributed by atoms with Crippen molar-refractivity contribution in [3.05, 3.63) is 23.4 Å². The second-order valence-electron chi connectivity index (χ2n) is 4.02. The van der Waals surface area contributed by atoms with Crippen molar-refractivity contribution in [2.75, 3.05) is 18.9 Å². The van der Waals surface area contributed by atoms with Crippen LogP contribution in [0.2, 0.25) is 5.02 Å². The number of amides is 1. The quantitative estimate of drug-likeness (QED) is 0.843. The molecule has 0 bridgehead atoms. The van der Waals surface area contributed by atoms with E-state index in [9.17, 15) is 4.79 Å². The van der Waals surface area contributed by atoms with Gasteiger partial charge < -0.3 is 10.1 Å². The predicted molar refractivity (Wildman–Crippen MR) is 72.0 cm³/mol. The summed E-state index contributed by atoms with van der Waals surface area (Å²) in [5.41, 5.74) is 0. The second kappa shape index (κ2) is 6.97. The number of ether oxygens (including phenoxy) is 1. The number of carbonyl (C=O) groups excluding carboxylic acids is 1. The lowest BCUT2D eigenvalue weighted by Gasteiger charge is -2.10. The van der Waals surface area contributed by atoms with Gasteiger partial charge in [0.25, 0.3) is 0 Å². The monoisotopic (exact) mass is 286 g/mol. The van der Waals surface area contributed by atoms with Crippen molar-refractivity contribution < 1.29 is 9.53 Å². The van der Waals surface area contributed by atoms with Gasteiger partial charge in [-0.1, -0.05) is 23.4 Å². The van der Waals surface area contributed by atoms with Crippen molar-refractivity contribution in [3.63, 3.8) is 0 Å². The number of thioether (sulfide) groups is 1. The first-order valence-electron chi connectivity index (χ1n) is 5.87. The van der Waals surface area contributed by atoms with Crippen molar-refractivity contribution in [3.8, 4) is 0 Å². The maximum Gasteiger partial charge on any atom is 0.230 e. The Hall–Kier alpha value is -0.780. The van der Waals surface area contributed by atoms with Crippen LogP contribution in [0.3, 0.4) is 0 Å². The Kier molecular flexibility index (Phi) is 5.28. The minimum absolute atomic E-state index is 0.0165. The molecule has 1 N–H and O–H groups in total. The molecule has 0 saturated carbocycles. The number of rotatable bonds is 5. The Balaban J connectivity index is 1.69. The van der Waals surface area contributed by atoms with Crippen molar-refractivity contribution >= 4 is 29.3 Å². The molecule has 1 amide bonds. The molecule has 1 fully saturated rings. The van der Waals surface area contributed by atoms with Crippen LogP contribution in [0.4, 0.5) is 0 Å². The average Bonchev–Trinajstić information content (AvgIpc) is 2.88. The van der Waals surface area contributed by atoms with Crippen molar-refractivity contribution in [1.29, 1.82) is 0 Å². The van der Waals surface area contributed by atoms with Crippen molar-refractivity contribution in [2.45, 2.75) is 24.0 Å². The Morgan fingerprint density at radius 1 is 1.67 bits per heavy atom. The first-order chi connectivity index (χ1) is 8.75. The van der Waals surface area contributed by atoms with Crippen LogP contribution in [0.5, 0.6) is 0 Å². The third kappa shape index (κ3) is 4.15. The van der Waals surface area contributed by atoms with Crippen LogP contribution in [0.1, 0.15) is 12.8 Å². The summed E-state index contributed by atoms with van der Waals surface area (Å²) in [5.74, 6) is 0.306. The summed E-state index contributed by atoms with van der Waals surface area (Å²) in [6, 6.07) is 3.53. The molecule has 6 heteroatoms. The number of carbonyl (C=O) groups is 1. The zero-order valence-corrected chi connectivity index (χ0v) is 11.5. The molecule has 0 spiro atoms. The number of hydrogen-bond donors (Lipinski definition) is 1. The SMILES string of the molecule is O=C(CSc1ncccc1Cl)NCC1CCCO1. The van der Waals surface area contributed by atoms with Crippen molar-refractivity contribution in [1.82, 2.24) is 10.3 Å². The van der Waals surface area contributed by atoms with Gasteiger partial charge in [0, 0.05) is 19.3 Å². The molecule has 2 heterocycles. The number of nitrogens with one attached hydrogen (secondary N) is 1. The van der Waals surface area contributed by atoms with E-state index >= 15 is 0 Å². The Morgan fingerprint density at radius 2 is 2.56 bits per heavy atom. The summed E-state index contributed by atoms with van der Waals surface area (Å²) in [6.07, 6.45) is 3.95. The van der Waals surface area contributed by atoms with Gasteiger partial charge in [0.05, 0.1) is 16.9 Å². The largest absolute Gasteiger partial charge is 0.376 e. The van der Waals surface area contributed by atoms with Gasteiger partial charge in [-0.15, -0.1) is 0 Å². The molecule has 1 saturated heterocycles. The Morgan fingerprint density at radius 3 is 3.28 bits per heavy atom. The van der Waals surface area contributed by atoms with Gasteiger partial charge in [-0.3, -0.25) is 4.79 Å². The highest BCUT2D eigenvalue weighted by molar-refractivity contribution is 8.00. The van der Waals surface area contributed by atoms with E-state index in [1.54, 1.807) is 18.3 Å². The minimum Gasteiger partial charge on any atom is -0.376 e. The van der Waals surface area contributed by atoms with E-state index in [2.05, 4.69) is 10.3 Å². The summed E-state index contributed by atoms with van der Waals surface area (Å²) in [4.78, 5) is 15.7. The lowest BCUT2D eigenvalue weighted by atomic mass is 10.2. The van der Waals surface area contributed by atoms with E-state index in [0.717, 1.165) is 19.4 Å². The first-order valence-corrected chi connectivity index (χ1v) is 7.23. The number of hydrogen-bond acceptors (Lipinski definition) is 4. The highest BCUT2D eigenvalue weighted by atomic mass is 35.5. The van der Waals surface area contributed by atoms with Crippen LogP contribution in [-0.4, -0.2) is 35.9 Å². The fourth-order valence-electron chi connectivity index (χ4n) is 1.70. The van der Waals surface area contributed by atoms with Crippen LogP contribution >= 0.6 is 23.4 Å². The summed E-state index contributed by atoms with van der Waals surface area (Å²) in [6.45, 7) is 1.40. The van der Waals surface area contributed by atoms with Crippen LogP contribution in [0.15, 0.2) is 23.4 Å². The van der Waals surface area contributed by atoms with E-state index in [1.165, 1.54) is 11.8 Å². The Bertz CT molecular complexity index is 411. The molecule has 1 aliphatic rings. The number of halogens is 1.